The maximum Gasteiger partial charge on any atom is 0.262 e. The van der Waals surface area contributed by atoms with Gasteiger partial charge in [-0.05, 0) is 48.0 Å². The van der Waals surface area contributed by atoms with E-state index in [0.717, 1.165) is 10.8 Å². The molecule has 3 rings (SSSR count). The van der Waals surface area contributed by atoms with Crippen LogP contribution in [0.2, 0.25) is 0 Å². The third-order valence-corrected chi connectivity index (χ3v) is 8.28. The molecular weight excluding hydrogens is 436 g/mol. The summed E-state index contributed by atoms with van der Waals surface area (Å²) in [5, 5.41) is 1.71. The van der Waals surface area contributed by atoms with E-state index in [1.165, 1.54) is 28.6 Å². The summed E-state index contributed by atoms with van der Waals surface area (Å²) >= 11 is 0. The summed E-state index contributed by atoms with van der Waals surface area (Å²) in [4.78, 5) is 0.0708. The number of hydrogen-bond acceptors (Lipinski definition) is 5. The third-order valence-electron chi connectivity index (χ3n) is 4.87. The number of hydrogen-bond donors (Lipinski definition) is 1. The normalized spacial score (nSPS) is 12.3. The fourth-order valence-corrected chi connectivity index (χ4v) is 5.86. The van der Waals surface area contributed by atoms with Crippen molar-refractivity contribution in [2.75, 3.05) is 24.4 Å². The van der Waals surface area contributed by atoms with E-state index in [-0.39, 0.29) is 21.2 Å². The van der Waals surface area contributed by atoms with E-state index >= 15 is 0 Å². The second-order valence-electron chi connectivity index (χ2n) is 6.79. The Hall–Kier alpha value is -2.62. The minimum atomic E-state index is -3.98. The van der Waals surface area contributed by atoms with Crippen molar-refractivity contribution in [2.24, 2.45) is 0 Å². The van der Waals surface area contributed by atoms with Gasteiger partial charge in [0.25, 0.3) is 10.0 Å². The van der Waals surface area contributed by atoms with E-state index in [0.29, 0.717) is 19.7 Å². The molecule has 0 aliphatic rings. The number of nitrogens with zero attached hydrogens (tertiary/aromatic N) is 1. The van der Waals surface area contributed by atoms with Gasteiger partial charge >= 0.3 is 0 Å². The lowest BCUT2D eigenvalue weighted by Gasteiger charge is -2.20. The SMILES string of the molecule is CCOc1ccc(S(=O)(=O)N(CC)CC)cc1NS(=O)(=O)c1ccc2ccccc2c1. The first-order valence-corrected chi connectivity index (χ1v) is 12.9. The van der Waals surface area contributed by atoms with Crippen LogP contribution in [0.25, 0.3) is 10.8 Å². The molecule has 166 valence electrons. The van der Waals surface area contributed by atoms with Crippen LogP contribution in [0, 0.1) is 0 Å². The van der Waals surface area contributed by atoms with Crippen LogP contribution >= 0.6 is 0 Å². The van der Waals surface area contributed by atoms with Crippen LogP contribution in [0.5, 0.6) is 5.75 Å². The van der Waals surface area contributed by atoms with E-state index in [2.05, 4.69) is 4.72 Å². The number of fused-ring (bicyclic) bond motifs is 1. The van der Waals surface area contributed by atoms with Crippen molar-refractivity contribution in [1.82, 2.24) is 4.31 Å². The Morgan fingerprint density at radius 1 is 0.806 bits per heavy atom. The van der Waals surface area contributed by atoms with Crippen LogP contribution in [0.4, 0.5) is 5.69 Å². The first kappa shape index (κ1) is 23.1. The molecule has 0 bridgehead atoms. The average Bonchev–Trinajstić information content (AvgIpc) is 2.75. The molecule has 0 saturated carbocycles. The van der Waals surface area contributed by atoms with E-state index in [1.54, 1.807) is 32.9 Å². The van der Waals surface area contributed by atoms with Gasteiger partial charge in [-0.3, -0.25) is 4.72 Å². The summed E-state index contributed by atoms with van der Waals surface area (Å²) in [6.45, 7) is 6.18. The van der Waals surface area contributed by atoms with Gasteiger partial charge in [0.2, 0.25) is 10.0 Å². The van der Waals surface area contributed by atoms with Gasteiger partial charge in [-0.2, -0.15) is 4.31 Å². The smallest absolute Gasteiger partial charge is 0.262 e. The molecule has 1 N–H and O–H groups in total. The Bertz CT molecular complexity index is 1280. The highest BCUT2D eigenvalue weighted by Crippen LogP contribution is 2.31. The van der Waals surface area contributed by atoms with Gasteiger partial charge in [-0.25, -0.2) is 16.8 Å². The molecule has 0 atom stereocenters. The second kappa shape index (κ2) is 9.25. The number of anilines is 1. The van der Waals surface area contributed by atoms with E-state index in [9.17, 15) is 16.8 Å². The molecule has 3 aromatic carbocycles. The molecule has 9 heteroatoms. The predicted molar refractivity (Wildman–Crippen MR) is 122 cm³/mol. The molecule has 0 unspecified atom stereocenters. The zero-order valence-corrected chi connectivity index (χ0v) is 19.3. The molecular formula is C22H26N2O5S2. The largest absolute Gasteiger partial charge is 0.492 e. The standard InChI is InChI=1S/C22H26N2O5S2/c1-4-24(5-2)31(27,28)20-13-14-22(29-6-3)21(16-20)23-30(25,26)19-12-11-17-9-7-8-10-18(17)15-19/h7-16,23H,4-6H2,1-3H3. The molecule has 0 saturated heterocycles. The van der Waals surface area contributed by atoms with Crippen molar-refractivity contribution in [3.05, 3.63) is 60.7 Å². The Kier molecular flexibility index (Phi) is 6.88. The molecule has 0 heterocycles. The summed E-state index contributed by atoms with van der Waals surface area (Å²) in [5.74, 6) is 0.255. The highest BCUT2D eigenvalue weighted by molar-refractivity contribution is 7.92. The van der Waals surface area contributed by atoms with Crippen molar-refractivity contribution in [3.63, 3.8) is 0 Å². The summed E-state index contributed by atoms with van der Waals surface area (Å²) in [6.07, 6.45) is 0. The number of ether oxygens (including phenoxy) is 1. The van der Waals surface area contributed by atoms with Gasteiger partial charge in [0.05, 0.1) is 22.1 Å². The molecule has 0 fully saturated rings. The number of sulfonamides is 2. The maximum absolute atomic E-state index is 13.1. The van der Waals surface area contributed by atoms with E-state index < -0.39 is 20.0 Å². The highest BCUT2D eigenvalue weighted by Gasteiger charge is 2.24. The summed E-state index contributed by atoms with van der Waals surface area (Å²) in [5.41, 5.74) is 0.0724. The van der Waals surface area contributed by atoms with Crippen LogP contribution in [0.15, 0.2) is 70.5 Å². The lowest BCUT2D eigenvalue weighted by atomic mass is 10.1. The fourth-order valence-electron chi connectivity index (χ4n) is 3.28. The first-order valence-electron chi connectivity index (χ1n) is 10.0. The minimum Gasteiger partial charge on any atom is -0.492 e. The fraction of sp³-hybridized carbons (Fsp3) is 0.273. The minimum absolute atomic E-state index is 0.00383. The Morgan fingerprint density at radius 2 is 1.45 bits per heavy atom. The molecule has 0 amide bonds. The number of benzene rings is 3. The van der Waals surface area contributed by atoms with Gasteiger partial charge in [0, 0.05) is 13.1 Å². The lowest BCUT2D eigenvalue weighted by Crippen LogP contribution is -2.30. The highest BCUT2D eigenvalue weighted by atomic mass is 32.2. The Balaban J connectivity index is 2.05. The molecule has 31 heavy (non-hydrogen) atoms. The molecule has 0 aromatic heterocycles. The zero-order valence-electron chi connectivity index (χ0n) is 17.7. The summed E-state index contributed by atoms with van der Waals surface area (Å²) < 4.78 is 61.3. The van der Waals surface area contributed by atoms with Crippen molar-refractivity contribution in [1.29, 1.82) is 0 Å². The molecule has 0 spiro atoms. The lowest BCUT2D eigenvalue weighted by molar-refractivity contribution is 0.341. The van der Waals surface area contributed by atoms with Gasteiger partial charge in [0.1, 0.15) is 5.75 Å². The Morgan fingerprint density at radius 3 is 2.10 bits per heavy atom. The van der Waals surface area contributed by atoms with Gasteiger partial charge < -0.3 is 4.74 Å². The van der Waals surface area contributed by atoms with Crippen LogP contribution in [0.3, 0.4) is 0 Å². The molecule has 0 aliphatic carbocycles. The Labute approximate surface area is 183 Å². The van der Waals surface area contributed by atoms with E-state index in [4.69, 9.17) is 4.74 Å². The number of nitrogens with one attached hydrogen (secondary N) is 1. The van der Waals surface area contributed by atoms with Crippen molar-refractivity contribution in [3.8, 4) is 5.75 Å². The summed E-state index contributed by atoms with van der Waals surface area (Å²) in [7, 11) is -7.74. The molecule has 7 nitrogen and oxygen atoms in total. The van der Waals surface area contributed by atoms with Crippen LogP contribution in [-0.4, -0.2) is 40.8 Å². The zero-order chi connectivity index (χ0) is 22.6. The predicted octanol–water partition coefficient (Wildman–Crippen LogP) is 4.07. The average molecular weight is 463 g/mol. The number of rotatable bonds is 9. The second-order valence-corrected chi connectivity index (χ2v) is 10.4. The van der Waals surface area contributed by atoms with Gasteiger partial charge in [0.15, 0.2) is 0 Å². The molecule has 0 aliphatic heterocycles. The third kappa shape index (κ3) is 4.84. The van der Waals surface area contributed by atoms with Gasteiger partial charge in [-0.1, -0.05) is 44.2 Å². The summed E-state index contributed by atoms with van der Waals surface area (Å²) in [6, 6.07) is 16.5. The van der Waals surface area contributed by atoms with Crippen molar-refractivity contribution < 1.29 is 21.6 Å². The maximum atomic E-state index is 13.1. The van der Waals surface area contributed by atoms with Crippen molar-refractivity contribution >= 4 is 36.5 Å². The van der Waals surface area contributed by atoms with Crippen LogP contribution in [0.1, 0.15) is 20.8 Å². The monoisotopic (exact) mass is 462 g/mol. The van der Waals surface area contributed by atoms with Gasteiger partial charge in [-0.15, -0.1) is 0 Å². The van der Waals surface area contributed by atoms with Crippen LogP contribution in [-0.2, 0) is 20.0 Å². The van der Waals surface area contributed by atoms with E-state index in [1.807, 2.05) is 24.3 Å². The quantitative estimate of drug-likeness (QED) is 0.517. The van der Waals surface area contributed by atoms with Crippen molar-refractivity contribution in [2.45, 2.75) is 30.6 Å². The topological polar surface area (TPSA) is 92.8 Å². The van der Waals surface area contributed by atoms with Crippen LogP contribution < -0.4 is 9.46 Å². The molecule has 0 radical (unpaired) electrons. The molecule has 3 aromatic rings. The first-order chi connectivity index (χ1) is 14.7.